The molecule has 8 nitrogen and oxygen atoms in total. The molecule has 0 spiro atoms. The van der Waals surface area contributed by atoms with Crippen LogP contribution in [-0.4, -0.2) is 22.5 Å². The highest BCUT2D eigenvalue weighted by Crippen LogP contribution is 2.13. The van der Waals surface area contributed by atoms with Gasteiger partial charge in [0.2, 0.25) is 0 Å². The van der Waals surface area contributed by atoms with Gasteiger partial charge in [0.25, 0.3) is 5.91 Å². The van der Waals surface area contributed by atoms with Crippen LogP contribution in [0, 0.1) is 11.3 Å². The van der Waals surface area contributed by atoms with Crippen LogP contribution in [0.3, 0.4) is 0 Å². The Morgan fingerprint density at radius 3 is 2.82 bits per heavy atom. The summed E-state index contributed by atoms with van der Waals surface area (Å²) >= 11 is 0. The van der Waals surface area contributed by atoms with Crippen molar-refractivity contribution in [1.29, 1.82) is 5.26 Å². The molecule has 1 atom stereocenters. The maximum absolute atomic E-state index is 12.2. The Labute approximate surface area is 159 Å². The van der Waals surface area contributed by atoms with Gasteiger partial charge in [0.15, 0.2) is 11.7 Å². The zero-order chi connectivity index (χ0) is 20.1. The number of oxazole rings is 1. The van der Waals surface area contributed by atoms with E-state index in [1.54, 1.807) is 42.5 Å². The third-order valence-electron chi connectivity index (χ3n) is 4.05. The molecule has 0 aliphatic rings. The number of anilines is 1. The summed E-state index contributed by atoms with van der Waals surface area (Å²) in [7, 11) is 0. The maximum Gasteiger partial charge on any atom is 0.419 e. The van der Waals surface area contributed by atoms with Crippen LogP contribution in [0.15, 0.2) is 57.7 Å². The summed E-state index contributed by atoms with van der Waals surface area (Å²) in [5.74, 6) is -1.70. The summed E-state index contributed by atoms with van der Waals surface area (Å²) in [6, 6.07) is 15.3. The van der Waals surface area contributed by atoms with E-state index in [0.717, 1.165) is 0 Å². The summed E-state index contributed by atoms with van der Waals surface area (Å²) in [5.41, 5.74) is 1.86. The summed E-state index contributed by atoms with van der Waals surface area (Å²) in [6.45, 7) is 1.52. The van der Waals surface area contributed by atoms with Gasteiger partial charge in [0.1, 0.15) is 0 Å². The van der Waals surface area contributed by atoms with E-state index < -0.39 is 23.7 Å². The van der Waals surface area contributed by atoms with Crippen molar-refractivity contribution in [3.8, 4) is 6.07 Å². The lowest BCUT2D eigenvalue weighted by Crippen LogP contribution is -2.30. The second kappa shape index (κ2) is 8.22. The molecule has 2 aromatic carbocycles. The first-order valence-corrected chi connectivity index (χ1v) is 8.57. The lowest BCUT2D eigenvalue weighted by atomic mass is 10.2. The average Bonchev–Trinajstić information content (AvgIpc) is 3.01. The number of esters is 1. The van der Waals surface area contributed by atoms with E-state index in [0.29, 0.717) is 22.4 Å². The van der Waals surface area contributed by atoms with E-state index >= 15 is 0 Å². The highest BCUT2D eigenvalue weighted by Gasteiger charge is 2.19. The van der Waals surface area contributed by atoms with Crippen LogP contribution < -0.4 is 11.1 Å². The predicted octanol–water partition coefficient (Wildman–Crippen LogP) is 2.43. The van der Waals surface area contributed by atoms with Gasteiger partial charge in [-0.3, -0.25) is 14.2 Å². The summed E-state index contributed by atoms with van der Waals surface area (Å²) in [5, 5.41) is 11.5. The number of aromatic nitrogens is 1. The number of benzene rings is 2. The molecule has 1 amide bonds. The quantitative estimate of drug-likeness (QED) is 0.658. The number of nitriles is 1. The van der Waals surface area contributed by atoms with Gasteiger partial charge in [0.05, 0.1) is 23.6 Å². The van der Waals surface area contributed by atoms with E-state index in [9.17, 15) is 14.4 Å². The smallest absolute Gasteiger partial charge is 0.419 e. The molecule has 0 fully saturated rings. The third kappa shape index (κ3) is 4.27. The first-order valence-electron chi connectivity index (χ1n) is 8.57. The molecule has 1 aromatic heterocycles. The first-order chi connectivity index (χ1) is 13.5. The van der Waals surface area contributed by atoms with Gasteiger partial charge in [0, 0.05) is 12.2 Å². The molecule has 1 N–H and O–H groups in total. The largest absolute Gasteiger partial charge is 0.452 e. The minimum Gasteiger partial charge on any atom is -0.452 e. The highest BCUT2D eigenvalue weighted by molar-refractivity contribution is 5.95. The van der Waals surface area contributed by atoms with E-state index in [1.807, 2.05) is 6.07 Å². The normalized spacial score (nSPS) is 11.6. The number of nitrogens with one attached hydrogen (secondary N) is 1. The number of fused-ring (bicyclic) bond motifs is 1. The second-order valence-electron chi connectivity index (χ2n) is 6.05. The molecule has 8 heteroatoms. The molecule has 1 heterocycles. The predicted molar refractivity (Wildman–Crippen MR) is 100 cm³/mol. The SMILES string of the molecule is C[C@H](OC(=O)CCn1c(=O)oc2ccccc21)C(=O)Nc1cccc(C#N)c1. The molecule has 3 aromatic rings. The summed E-state index contributed by atoms with van der Waals surface area (Å²) in [6.07, 6.45) is -1.12. The van der Waals surface area contributed by atoms with E-state index in [1.165, 1.54) is 17.6 Å². The molecular formula is C20H17N3O5. The van der Waals surface area contributed by atoms with Crippen LogP contribution in [-0.2, 0) is 20.9 Å². The van der Waals surface area contributed by atoms with Crippen molar-refractivity contribution in [2.45, 2.75) is 26.0 Å². The van der Waals surface area contributed by atoms with Gasteiger partial charge < -0.3 is 14.5 Å². The molecule has 142 valence electrons. The fourth-order valence-electron chi connectivity index (χ4n) is 2.65. The minimum absolute atomic E-state index is 0.0766. The van der Waals surface area contributed by atoms with Crippen LogP contribution in [0.25, 0.3) is 11.1 Å². The zero-order valence-electron chi connectivity index (χ0n) is 15.0. The number of aryl methyl sites for hydroxylation is 1. The first kappa shape index (κ1) is 18.9. The molecular weight excluding hydrogens is 362 g/mol. The van der Waals surface area contributed by atoms with Crippen molar-refractivity contribution in [3.63, 3.8) is 0 Å². The van der Waals surface area contributed by atoms with Crippen LogP contribution in [0.1, 0.15) is 18.9 Å². The van der Waals surface area contributed by atoms with Crippen molar-refractivity contribution < 1.29 is 18.7 Å². The van der Waals surface area contributed by atoms with Crippen molar-refractivity contribution in [1.82, 2.24) is 4.57 Å². The molecule has 0 aliphatic carbocycles. The van der Waals surface area contributed by atoms with Gasteiger partial charge in [-0.1, -0.05) is 18.2 Å². The topological polar surface area (TPSA) is 114 Å². The van der Waals surface area contributed by atoms with Crippen LogP contribution >= 0.6 is 0 Å². The van der Waals surface area contributed by atoms with Crippen molar-refractivity contribution in [2.75, 3.05) is 5.32 Å². The van der Waals surface area contributed by atoms with Gasteiger partial charge in [-0.05, 0) is 37.3 Å². The summed E-state index contributed by atoms with van der Waals surface area (Å²) in [4.78, 5) is 36.1. The fourth-order valence-corrected chi connectivity index (χ4v) is 2.65. The number of ether oxygens (including phenoxy) is 1. The number of carbonyl (C=O) groups is 2. The minimum atomic E-state index is -1.03. The third-order valence-corrected chi connectivity index (χ3v) is 4.05. The van der Waals surface area contributed by atoms with Gasteiger partial charge in [-0.2, -0.15) is 5.26 Å². The standard InChI is InChI=1S/C20H17N3O5/c1-13(19(25)22-15-6-4-5-14(11-15)12-21)27-18(24)9-10-23-16-7-2-3-8-17(16)28-20(23)26/h2-8,11,13H,9-10H2,1H3,(H,22,25)/t13-/m0/s1. The fraction of sp³-hybridized carbons (Fsp3) is 0.200. The molecule has 0 bridgehead atoms. The van der Waals surface area contributed by atoms with Gasteiger partial charge in [-0.15, -0.1) is 0 Å². The second-order valence-corrected chi connectivity index (χ2v) is 6.05. The lowest BCUT2D eigenvalue weighted by molar-refractivity contribution is -0.153. The zero-order valence-corrected chi connectivity index (χ0v) is 15.0. The number of hydrogen-bond donors (Lipinski definition) is 1. The number of nitrogens with zero attached hydrogens (tertiary/aromatic N) is 2. The molecule has 0 unspecified atom stereocenters. The Kier molecular flexibility index (Phi) is 5.56. The lowest BCUT2D eigenvalue weighted by Gasteiger charge is -2.13. The number of amides is 1. The molecule has 0 saturated carbocycles. The number of rotatable bonds is 6. The Bertz CT molecular complexity index is 1120. The molecule has 28 heavy (non-hydrogen) atoms. The summed E-state index contributed by atoms with van der Waals surface area (Å²) < 4.78 is 11.6. The Morgan fingerprint density at radius 1 is 1.25 bits per heavy atom. The molecule has 3 rings (SSSR count). The van der Waals surface area contributed by atoms with E-state index in [-0.39, 0.29) is 13.0 Å². The van der Waals surface area contributed by atoms with Crippen molar-refractivity contribution in [3.05, 3.63) is 64.6 Å². The number of carbonyl (C=O) groups excluding carboxylic acids is 2. The number of hydrogen-bond acceptors (Lipinski definition) is 6. The van der Waals surface area contributed by atoms with E-state index in [2.05, 4.69) is 5.32 Å². The Hall–Kier alpha value is -3.86. The number of para-hydroxylation sites is 2. The van der Waals surface area contributed by atoms with Gasteiger partial charge in [-0.25, -0.2) is 4.79 Å². The highest BCUT2D eigenvalue weighted by atomic mass is 16.5. The molecule has 0 aliphatic heterocycles. The maximum atomic E-state index is 12.2. The Balaban J connectivity index is 1.56. The van der Waals surface area contributed by atoms with E-state index in [4.69, 9.17) is 14.4 Å². The van der Waals surface area contributed by atoms with Crippen molar-refractivity contribution >= 4 is 28.7 Å². The molecule has 0 radical (unpaired) electrons. The van der Waals surface area contributed by atoms with Gasteiger partial charge >= 0.3 is 11.7 Å². The molecule has 0 saturated heterocycles. The monoisotopic (exact) mass is 379 g/mol. The average molecular weight is 379 g/mol. The van der Waals surface area contributed by atoms with Crippen LogP contribution in [0.5, 0.6) is 0 Å². The Morgan fingerprint density at radius 2 is 2.04 bits per heavy atom. The van der Waals surface area contributed by atoms with Crippen molar-refractivity contribution in [2.24, 2.45) is 0 Å². The van der Waals surface area contributed by atoms with Crippen LogP contribution in [0.2, 0.25) is 0 Å². The van der Waals surface area contributed by atoms with Crippen LogP contribution in [0.4, 0.5) is 5.69 Å².